The Balaban J connectivity index is 1.91. The Kier molecular flexibility index (Phi) is 1.99. The molecule has 1 aliphatic heterocycles. The van der Waals surface area contributed by atoms with Crippen molar-refractivity contribution < 1.29 is 4.74 Å². The molecular formula is C10H16O. The summed E-state index contributed by atoms with van der Waals surface area (Å²) < 4.78 is 5.69. The second kappa shape index (κ2) is 2.98. The molecule has 62 valence electrons. The molecule has 1 saturated heterocycles. The molecule has 0 aromatic rings. The molecule has 0 spiro atoms. The Hall–Kier alpha value is -0.300. The van der Waals surface area contributed by atoms with Crippen molar-refractivity contribution >= 4 is 0 Å². The maximum atomic E-state index is 5.69. The zero-order valence-corrected chi connectivity index (χ0v) is 7.18. The van der Waals surface area contributed by atoms with Crippen LogP contribution in [0.2, 0.25) is 0 Å². The summed E-state index contributed by atoms with van der Waals surface area (Å²) in [5.41, 5.74) is 1.60. The first kappa shape index (κ1) is 7.35. The molecule has 0 aromatic carbocycles. The molecule has 1 aliphatic carbocycles. The number of allylic oxidation sites excluding steroid dienone is 1. The predicted octanol–water partition coefficient (Wildman–Crippen LogP) is 2.52. The van der Waals surface area contributed by atoms with Crippen LogP contribution in [0.4, 0.5) is 0 Å². The molecule has 1 nitrogen and oxygen atoms in total. The van der Waals surface area contributed by atoms with Gasteiger partial charge in [-0.2, -0.15) is 0 Å². The predicted molar refractivity (Wildman–Crippen MR) is 45.5 cm³/mol. The standard InChI is InChI=1S/C10H16O/c1-2-8-5-6-11-10(7-8)9-3-4-9/h2,9-10H,3-7H2,1H3/b8-2-. The summed E-state index contributed by atoms with van der Waals surface area (Å²) in [5.74, 6) is 0.908. The van der Waals surface area contributed by atoms with E-state index in [2.05, 4.69) is 13.0 Å². The third-order valence-electron chi connectivity index (χ3n) is 2.77. The van der Waals surface area contributed by atoms with Gasteiger partial charge in [-0.3, -0.25) is 0 Å². The second-order valence-corrected chi connectivity index (χ2v) is 3.65. The molecule has 1 atom stereocenters. The quantitative estimate of drug-likeness (QED) is 0.525. The lowest BCUT2D eigenvalue weighted by molar-refractivity contribution is 0.0215. The summed E-state index contributed by atoms with van der Waals surface area (Å²) in [6, 6.07) is 0. The van der Waals surface area contributed by atoms with Crippen LogP contribution >= 0.6 is 0 Å². The molecule has 1 unspecified atom stereocenters. The van der Waals surface area contributed by atoms with Gasteiger partial charge in [0.15, 0.2) is 0 Å². The van der Waals surface area contributed by atoms with Crippen molar-refractivity contribution in [2.45, 2.75) is 38.7 Å². The monoisotopic (exact) mass is 152 g/mol. The maximum Gasteiger partial charge on any atom is 0.0640 e. The third-order valence-corrected chi connectivity index (χ3v) is 2.77. The van der Waals surface area contributed by atoms with Gasteiger partial charge < -0.3 is 4.74 Å². The number of hydrogen-bond donors (Lipinski definition) is 0. The van der Waals surface area contributed by atoms with Crippen molar-refractivity contribution in [2.24, 2.45) is 5.92 Å². The average Bonchev–Trinajstić information content (AvgIpc) is 2.87. The summed E-state index contributed by atoms with van der Waals surface area (Å²) in [6.07, 6.45) is 8.03. The molecule has 0 bridgehead atoms. The van der Waals surface area contributed by atoms with Crippen LogP contribution in [0.25, 0.3) is 0 Å². The van der Waals surface area contributed by atoms with Gasteiger partial charge in [0.25, 0.3) is 0 Å². The highest BCUT2D eigenvalue weighted by molar-refractivity contribution is 5.06. The Morgan fingerprint density at radius 1 is 1.45 bits per heavy atom. The molecule has 1 saturated carbocycles. The van der Waals surface area contributed by atoms with Crippen LogP contribution in [0.1, 0.15) is 32.6 Å². The minimum Gasteiger partial charge on any atom is -0.377 e. The van der Waals surface area contributed by atoms with Gasteiger partial charge >= 0.3 is 0 Å². The summed E-state index contributed by atoms with van der Waals surface area (Å²) in [7, 11) is 0. The van der Waals surface area contributed by atoms with Gasteiger partial charge in [0.2, 0.25) is 0 Å². The molecule has 0 aromatic heterocycles. The van der Waals surface area contributed by atoms with E-state index in [1.807, 2.05) is 0 Å². The largest absolute Gasteiger partial charge is 0.377 e. The summed E-state index contributed by atoms with van der Waals surface area (Å²) in [5, 5.41) is 0. The Morgan fingerprint density at radius 2 is 2.27 bits per heavy atom. The van der Waals surface area contributed by atoms with Gasteiger partial charge in [0.05, 0.1) is 12.7 Å². The van der Waals surface area contributed by atoms with Crippen molar-refractivity contribution in [3.8, 4) is 0 Å². The lowest BCUT2D eigenvalue weighted by atomic mass is 9.99. The minimum atomic E-state index is 0.579. The molecule has 2 fully saturated rings. The number of ether oxygens (including phenoxy) is 1. The molecule has 2 aliphatic rings. The van der Waals surface area contributed by atoms with Crippen LogP contribution in [-0.2, 0) is 4.74 Å². The maximum absolute atomic E-state index is 5.69. The van der Waals surface area contributed by atoms with E-state index in [0.717, 1.165) is 12.5 Å². The SMILES string of the molecule is C/C=C1/CCOC(C2CC2)C1. The van der Waals surface area contributed by atoms with Crippen LogP contribution in [-0.4, -0.2) is 12.7 Å². The average molecular weight is 152 g/mol. The van der Waals surface area contributed by atoms with E-state index in [1.54, 1.807) is 5.57 Å². The van der Waals surface area contributed by atoms with E-state index >= 15 is 0 Å². The first-order valence-corrected chi connectivity index (χ1v) is 4.66. The Morgan fingerprint density at radius 3 is 2.91 bits per heavy atom. The first-order chi connectivity index (χ1) is 5.40. The van der Waals surface area contributed by atoms with Crippen molar-refractivity contribution in [1.29, 1.82) is 0 Å². The lowest BCUT2D eigenvalue weighted by Crippen LogP contribution is -2.22. The zero-order chi connectivity index (χ0) is 7.68. The van der Waals surface area contributed by atoms with Gasteiger partial charge in [0, 0.05) is 0 Å². The van der Waals surface area contributed by atoms with Crippen molar-refractivity contribution in [3.63, 3.8) is 0 Å². The normalized spacial score (nSPS) is 36.1. The van der Waals surface area contributed by atoms with Gasteiger partial charge in [-0.25, -0.2) is 0 Å². The third kappa shape index (κ3) is 1.64. The fourth-order valence-corrected chi connectivity index (χ4v) is 1.79. The lowest BCUT2D eigenvalue weighted by Gasteiger charge is -2.24. The fraction of sp³-hybridized carbons (Fsp3) is 0.800. The van der Waals surface area contributed by atoms with Crippen LogP contribution < -0.4 is 0 Å². The fourth-order valence-electron chi connectivity index (χ4n) is 1.79. The van der Waals surface area contributed by atoms with Gasteiger partial charge in [0.1, 0.15) is 0 Å². The van der Waals surface area contributed by atoms with E-state index in [9.17, 15) is 0 Å². The zero-order valence-electron chi connectivity index (χ0n) is 7.18. The second-order valence-electron chi connectivity index (χ2n) is 3.65. The molecule has 0 N–H and O–H groups in total. The molecule has 11 heavy (non-hydrogen) atoms. The van der Waals surface area contributed by atoms with E-state index < -0.39 is 0 Å². The number of rotatable bonds is 1. The van der Waals surface area contributed by atoms with E-state index in [0.29, 0.717) is 6.10 Å². The molecule has 1 heterocycles. The molecular weight excluding hydrogens is 136 g/mol. The number of hydrogen-bond acceptors (Lipinski definition) is 1. The molecule has 0 radical (unpaired) electrons. The van der Waals surface area contributed by atoms with Crippen molar-refractivity contribution in [1.82, 2.24) is 0 Å². The highest BCUT2D eigenvalue weighted by Crippen LogP contribution is 2.39. The van der Waals surface area contributed by atoms with Crippen LogP contribution in [0.15, 0.2) is 11.6 Å². The van der Waals surface area contributed by atoms with E-state index in [-0.39, 0.29) is 0 Å². The van der Waals surface area contributed by atoms with E-state index in [1.165, 1.54) is 25.7 Å². The van der Waals surface area contributed by atoms with Gasteiger partial charge in [-0.1, -0.05) is 11.6 Å². The Labute approximate surface area is 68.4 Å². The van der Waals surface area contributed by atoms with Crippen LogP contribution in [0.3, 0.4) is 0 Å². The highest BCUT2D eigenvalue weighted by atomic mass is 16.5. The highest BCUT2D eigenvalue weighted by Gasteiger charge is 2.33. The van der Waals surface area contributed by atoms with Crippen molar-refractivity contribution in [3.05, 3.63) is 11.6 Å². The summed E-state index contributed by atoms with van der Waals surface area (Å²) >= 11 is 0. The first-order valence-electron chi connectivity index (χ1n) is 4.66. The Bertz CT molecular complexity index is 168. The van der Waals surface area contributed by atoms with Gasteiger partial charge in [-0.05, 0) is 38.5 Å². The summed E-state index contributed by atoms with van der Waals surface area (Å²) in [6.45, 7) is 3.10. The topological polar surface area (TPSA) is 9.23 Å². The van der Waals surface area contributed by atoms with Crippen molar-refractivity contribution in [2.75, 3.05) is 6.61 Å². The smallest absolute Gasteiger partial charge is 0.0640 e. The molecule has 2 rings (SSSR count). The minimum absolute atomic E-state index is 0.579. The van der Waals surface area contributed by atoms with Gasteiger partial charge in [-0.15, -0.1) is 0 Å². The van der Waals surface area contributed by atoms with E-state index in [4.69, 9.17) is 4.74 Å². The van der Waals surface area contributed by atoms with Crippen LogP contribution in [0.5, 0.6) is 0 Å². The molecule has 0 amide bonds. The molecule has 1 heteroatoms. The summed E-state index contributed by atoms with van der Waals surface area (Å²) in [4.78, 5) is 0. The van der Waals surface area contributed by atoms with Crippen LogP contribution in [0, 0.1) is 5.92 Å².